The van der Waals surface area contributed by atoms with Gasteiger partial charge < -0.3 is 0 Å². The summed E-state index contributed by atoms with van der Waals surface area (Å²) in [7, 11) is 0. The van der Waals surface area contributed by atoms with E-state index in [0.717, 1.165) is 0 Å². The van der Waals surface area contributed by atoms with Crippen LogP contribution in [0.5, 0.6) is 0 Å². The Balaban J connectivity index is 2.90. The summed E-state index contributed by atoms with van der Waals surface area (Å²) >= 11 is 0. The lowest BCUT2D eigenvalue weighted by molar-refractivity contribution is 0.430. The van der Waals surface area contributed by atoms with Gasteiger partial charge in [0.05, 0.1) is 6.54 Å². The Hall–Kier alpha value is -1.26. The normalized spacial score (nSPS) is 12.5. The average molecular weight is 201 g/mol. The maximum absolute atomic E-state index is 5.28. The summed E-state index contributed by atoms with van der Waals surface area (Å²) < 4.78 is 0. The van der Waals surface area contributed by atoms with Gasteiger partial charge in [-0.15, -0.1) is 6.42 Å². The van der Waals surface area contributed by atoms with Crippen LogP contribution in [0.4, 0.5) is 0 Å². The second kappa shape index (κ2) is 5.58. The van der Waals surface area contributed by atoms with Gasteiger partial charge >= 0.3 is 0 Å². The molecule has 0 aliphatic heterocycles. The Morgan fingerprint density at radius 1 is 1.33 bits per heavy atom. The predicted octanol–water partition coefficient (Wildman–Crippen LogP) is 2.91. The van der Waals surface area contributed by atoms with Crippen molar-refractivity contribution in [1.82, 2.24) is 5.32 Å². The molecular weight excluding hydrogens is 182 g/mol. The topological polar surface area (TPSA) is 12.0 Å². The van der Waals surface area contributed by atoms with E-state index >= 15 is 0 Å². The van der Waals surface area contributed by atoms with E-state index in [1.807, 2.05) is 0 Å². The number of rotatable bonds is 4. The molecule has 1 heteroatoms. The van der Waals surface area contributed by atoms with Gasteiger partial charge in [0.2, 0.25) is 0 Å². The van der Waals surface area contributed by atoms with Gasteiger partial charge in [-0.25, -0.2) is 0 Å². The van der Waals surface area contributed by atoms with Crippen molar-refractivity contribution >= 4 is 0 Å². The number of benzene rings is 1. The van der Waals surface area contributed by atoms with Crippen LogP contribution in [0, 0.1) is 25.2 Å². The zero-order valence-corrected chi connectivity index (χ0v) is 9.75. The molecule has 1 aromatic carbocycles. The lowest BCUT2D eigenvalue weighted by Crippen LogP contribution is -2.26. The van der Waals surface area contributed by atoms with Crippen molar-refractivity contribution in [2.24, 2.45) is 5.92 Å². The molecule has 0 heterocycles. The average Bonchev–Trinajstić information content (AvgIpc) is 2.20. The second-order valence-corrected chi connectivity index (χ2v) is 4.16. The molecule has 1 atom stereocenters. The highest BCUT2D eigenvalue weighted by molar-refractivity contribution is 5.29. The molecule has 0 amide bonds. The Morgan fingerprint density at radius 3 is 2.53 bits per heavy atom. The van der Waals surface area contributed by atoms with Crippen LogP contribution in [0.2, 0.25) is 0 Å². The summed E-state index contributed by atoms with van der Waals surface area (Å²) in [5.74, 6) is 3.17. The highest BCUT2D eigenvalue weighted by Crippen LogP contribution is 2.24. The fourth-order valence-electron chi connectivity index (χ4n) is 1.81. The lowest BCUT2D eigenvalue weighted by atomic mass is 9.93. The Bertz CT molecular complexity index is 347. The number of aryl methyl sites for hydroxylation is 1. The van der Waals surface area contributed by atoms with E-state index in [1.165, 1.54) is 11.1 Å². The van der Waals surface area contributed by atoms with Crippen LogP contribution in [0.1, 0.15) is 31.0 Å². The van der Waals surface area contributed by atoms with E-state index in [-0.39, 0.29) is 0 Å². The third-order valence-corrected chi connectivity index (χ3v) is 2.61. The van der Waals surface area contributed by atoms with Crippen molar-refractivity contribution in [1.29, 1.82) is 0 Å². The zero-order chi connectivity index (χ0) is 11.3. The molecule has 0 bridgehead atoms. The van der Waals surface area contributed by atoms with Crippen molar-refractivity contribution in [2.45, 2.75) is 26.8 Å². The summed E-state index contributed by atoms with van der Waals surface area (Å²) in [5.41, 5.74) is 2.67. The van der Waals surface area contributed by atoms with Crippen molar-refractivity contribution < 1.29 is 0 Å². The monoisotopic (exact) mass is 201 g/mol. The molecular formula is C14H19N. The Labute approximate surface area is 92.9 Å². The molecule has 0 saturated heterocycles. The summed E-state index contributed by atoms with van der Waals surface area (Å²) in [5, 5.41) is 3.39. The van der Waals surface area contributed by atoms with Crippen LogP contribution in [-0.2, 0) is 0 Å². The van der Waals surface area contributed by atoms with Gasteiger partial charge in [-0.05, 0) is 24.0 Å². The maximum atomic E-state index is 5.28. The molecule has 80 valence electrons. The van der Waals surface area contributed by atoms with Gasteiger partial charge in [0.15, 0.2) is 0 Å². The van der Waals surface area contributed by atoms with E-state index in [0.29, 0.717) is 18.5 Å². The predicted molar refractivity (Wildman–Crippen MR) is 65.6 cm³/mol. The van der Waals surface area contributed by atoms with E-state index in [9.17, 15) is 0 Å². The molecule has 1 nitrogen and oxygen atoms in total. The van der Waals surface area contributed by atoms with Gasteiger partial charge in [0.25, 0.3) is 0 Å². The number of nitrogens with one attached hydrogen (secondary N) is 1. The highest BCUT2D eigenvalue weighted by Gasteiger charge is 2.15. The smallest absolute Gasteiger partial charge is 0.0578 e. The SMILES string of the molecule is C#CCNC(c1ccccc1C)C(C)C. The first kappa shape index (κ1) is 11.8. The molecule has 0 aliphatic rings. The minimum Gasteiger partial charge on any atom is -0.299 e. The van der Waals surface area contributed by atoms with Crippen molar-refractivity contribution in [3.05, 3.63) is 35.4 Å². The van der Waals surface area contributed by atoms with Crippen molar-refractivity contribution in [3.63, 3.8) is 0 Å². The fraction of sp³-hybridized carbons (Fsp3) is 0.429. The molecule has 1 aromatic rings. The van der Waals surface area contributed by atoms with Crippen LogP contribution < -0.4 is 5.32 Å². The van der Waals surface area contributed by atoms with E-state index < -0.39 is 0 Å². The standard InChI is InChI=1S/C14H19N/c1-5-10-15-14(11(2)3)13-9-7-6-8-12(13)4/h1,6-9,11,14-15H,10H2,2-4H3. The van der Waals surface area contributed by atoms with Gasteiger partial charge in [-0.2, -0.15) is 0 Å². The van der Waals surface area contributed by atoms with Gasteiger partial charge in [0.1, 0.15) is 0 Å². The molecule has 0 radical (unpaired) electrons. The minimum absolute atomic E-state index is 0.349. The van der Waals surface area contributed by atoms with Crippen LogP contribution >= 0.6 is 0 Å². The second-order valence-electron chi connectivity index (χ2n) is 4.16. The largest absolute Gasteiger partial charge is 0.299 e. The Kier molecular flexibility index (Phi) is 4.39. The molecule has 1 N–H and O–H groups in total. The summed E-state index contributed by atoms with van der Waals surface area (Å²) in [6.45, 7) is 7.18. The van der Waals surface area contributed by atoms with Gasteiger partial charge in [-0.3, -0.25) is 5.32 Å². The van der Waals surface area contributed by atoms with Gasteiger partial charge in [0, 0.05) is 6.04 Å². The molecule has 0 aliphatic carbocycles. The van der Waals surface area contributed by atoms with E-state index in [1.54, 1.807) is 0 Å². The quantitative estimate of drug-likeness (QED) is 0.739. The molecule has 15 heavy (non-hydrogen) atoms. The molecule has 0 fully saturated rings. The summed E-state index contributed by atoms with van der Waals surface area (Å²) in [6.07, 6.45) is 5.28. The number of terminal acetylenes is 1. The molecule has 1 unspecified atom stereocenters. The van der Waals surface area contributed by atoms with E-state index in [4.69, 9.17) is 6.42 Å². The van der Waals surface area contributed by atoms with Crippen LogP contribution in [0.15, 0.2) is 24.3 Å². The fourth-order valence-corrected chi connectivity index (χ4v) is 1.81. The van der Waals surface area contributed by atoms with Gasteiger partial charge in [-0.1, -0.05) is 44.0 Å². The minimum atomic E-state index is 0.349. The Morgan fingerprint density at radius 2 is 2.00 bits per heavy atom. The third-order valence-electron chi connectivity index (χ3n) is 2.61. The van der Waals surface area contributed by atoms with Crippen molar-refractivity contribution in [3.8, 4) is 12.3 Å². The molecule has 0 spiro atoms. The highest BCUT2D eigenvalue weighted by atomic mass is 14.9. The molecule has 0 aromatic heterocycles. The molecule has 1 rings (SSSR count). The maximum Gasteiger partial charge on any atom is 0.0578 e. The summed E-state index contributed by atoms with van der Waals surface area (Å²) in [4.78, 5) is 0. The summed E-state index contributed by atoms with van der Waals surface area (Å²) in [6, 6.07) is 8.81. The molecule has 0 saturated carbocycles. The lowest BCUT2D eigenvalue weighted by Gasteiger charge is -2.23. The first-order chi connectivity index (χ1) is 7.16. The first-order valence-electron chi connectivity index (χ1n) is 5.39. The van der Waals surface area contributed by atoms with Crippen molar-refractivity contribution in [2.75, 3.05) is 6.54 Å². The third kappa shape index (κ3) is 3.11. The van der Waals surface area contributed by atoms with Crippen LogP contribution in [0.25, 0.3) is 0 Å². The van der Waals surface area contributed by atoms with Crippen LogP contribution in [-0.4, -0.2) is 6.54 Å². The number of hydrogen-bond donors (Lipinski definition) is 1. The van der Waals surface area contributed by atoms with Crippen LogP contribution in [0.3, 0.4) is 0 Å². The van der Waals surface area contributed by atoms with E-state index in [2.05, 4.69) is 56.3 Å². The zero-order valence-electron chi connectivity index (χ0n) is 9.75. The first-order valence-corrected chi connectivity index (χ1v) is 5.39. The number of hydrogen-bond acceptors (Lipinski definition) is 1.